The Morgan fingerprint density at radius 2 is 1.62 bits per heavy atom. The van der Waals surface area contributed by atoms with Crippen molar-refractivity contribution in [2.24, 2.45) is 0 Å². The van der Waals surface area contributed by atoms with Crippen LogP contribution in [0.15, 0.2) is 71.6 Å². The Morgan fingerprint density at radius 3 is 2.50 bits per heavy atom. The molecule has 0 saturated carbocycles. The van der Waals surface area contributed by atoms with Crippen molar-refractivity contribution in [1.29, 1.82) is 0 Å². The van der Waals surface area contributed by atoms with E-state index in [0.717, 1.165) is 17.7 Å². The van der Waals surface area contributed by atoms with Gasteiger partial charge in [-0.1, -0.05) is 24.3 Å². The summed E-state index contributed by atoms with van der Waals surface area (Å²) in [5, 5.41) is 3.03. The van der Waals surface area contributed by atoms with Gasteiger partial charge >= 0.3 is 0 Å². The van der Waals surface area contributed by atoms with Gasteiger partial charge in [0.05, 0.1) is 30.8 Å². The fourth-order valence-corrected chi connectivity index (χ4v) is 5.05. The Labute approximate surface area is 197 Å². The molecule has 1 atom stereocenters. The third-order valence-corrected chi connectivity index (χ3v) is 7.05. The number of carbonyl (C=O) groups excluding carboxylic acids is 1. The second-order valence-electron chi connectivity index (χ2n) is 8.05. The molecule has 34 heavy (non-hydrogen) atoms. The Kier molecular flexibility index (Phi) is 6.02. The second-order valence-corrected chi connectivity index (χ2v) is 9.73. The lowest BCUT2D eigenvalue weighted by molar-refractivity contribution is 0.0925. The summed E-state index contributed by atoms with van der Waals surface area (Å²) in [6.07, 6.45) is 1.38. The van der Waals surface area contributed by atoms with Crippen LogP contribution in [-0.4, -0.2) is 34.1 Å². The summed E-state index contributed by atoms with van der Waals surface area (Å²) >= 11 is 0. The monoisotopic (exact) mass is 480 g/mol. The van der Waals surface area contributed by atoms with Crippen molar-refractivity contribution < 1.29 is 27.4 Å². The number of sulfonamides is 1. The molecule has 2 heterocycles. The number of para-hydroxylation sites is 1. The van der Waals surface area contributed by atoms with E-state index in [2.05, 4.69) is 10.0 Å². The van der Waals surface area contributed by atoms with E-state index in [4.69, 9.17) is 14.2 Å². The van der Waals surface area contributed by atoms with Crippen molar-refractivity contribution in [2.75, 3.05) is 24.5 Å². The zero-order valence-electron chi connectivity index (χ0n) is 18.3. The van der Waals surface area contributed by atoms with Gasteiger partial charge in [0, 0.05) is 35.7 Å². The number of hydrogen-bond acceptors (Lipinski definition) is 6. The van der Waals surface area contributed by atoms with Gasteiger partial charge in [0.2, 0.25) is 0 Å². The van der Waals surface area contributed by atoms with Crippen LogP contribution in [0.5, 0.6) is 17.2 Å². The smallest absolute Gasteiger partial charge is 0.262 e. The maximum atomic E-state index is 13.0. The van der Waals surface area contributed by atoms with E-state index in [1.807, 2.05) is 24.3 Å². The summed E-state index contributed by atoms with van der Waals surface area (Å²) in [4.78, 5) is 13.0. The van der Waals surface area contributed by atoms with Gasteiger partial charge in [-0.3, -0.25) is 9.52 Å². The van der Waals surface area contributed by atoms with Gasteiger partial charge in [0.15, 0.2) is 11.5 Å². The predicted octanol–water partition coefficient (Wildman–Crippen LogP) is 3.90. The Balaban J connectivity index is 1.32. The quantitative estimate of drug-likeness (QED) is 0.574. The summed E-state index contributed by atoms with van der Waals surface area (Å²) in [6, 6.07) is 18.3. The molecule has 0 spiro atoms. The molecule has 8 nitrogen and oxygen atoms in total. The number of nitrogens with one attached hydrogen (secondary N) is 2. The zero-order chi connectivity index (χ0) is 23.5. The molecule has 3 aromatic carbocycles. The molecule has 2 aliphatic rings. The first-order chi connectivity index (χ1) is 16.5. The standard InChI is InChI=1S/C25H24N2O6S/c28-25(26-21-11-14-33-22-8-2-1-7-20(21)22)17-5-3-6-18(15-17)27-34(29,30)19-9-10-23-24(16-19)32-13-4-12-31-23/h1-3,5-10,15-16,21,27H,4,11-14H2,(H,26,28)/t21-/m1/s1. The summed E-state index contributed by atoms with van der Waals surface area (Å²) in [5.41, 5.74) is 1.56. The highest BCUT2D eigenvalue weighted by Gasteiger charge is 2.24. The first-order valence-electron chi connectivity index (χ1n) is 11.0. The average Bonchev–Trinajstić information content (AvgIpc) is 3.09. The van der Waals surface area contributed by atoms with Crippen molar-refractivity contribution in [3.05, 3.63) is 77.9 Å². The first-order valence-corrected chi connectivity index (χ1v) is 12.5. The van der Waals surface area contributed by atoms with E-state index in [1.165, 1.54) is 18.2 Å². The molecule has 2 aliphatic heterocycles. The molecule has 0 saturated heterocycles. The van der Waals surface area contributed by atoms with Crippen LogP contribution in [0.1, 0.15) is 34.8 Å². The van der Waals surface area contributed by atoms with E-state index in [0.29, 0.717) is 43.3 Å². The number of fused-ring (bicyclic) bond motifs is 2. The van der Waals surface area contributed by atoms with Crippen molar-refractivity contribution >= 4 is 21.6 Å². The molecule has 9 heteroatoms. The first kappa shape index (κ1) is 22.1. The van der Waals surface area contributed by atoms with Gasteiger partial charge in [-0.05, 0) is 36.4 Å². The summed E-state index contributed by atoms with van der Waals surface area (Å²) in [6.45, 7) is 1.49. The van der Waals surface area contributed by atoms with Crippen LogP contribution in [0.25, 0.3) is 0 Å². The minimum absolute atomic E-state index is 0.0467. The van der Waals surface area contributed by atoms with Gasteiger partial charge in [0.1, 0.15) is 5.75 Å². The topological polar surface area (TPSA) is 103 Å². The molecule has 0 aromatic heterocycles. The van der Waals surface area contributed by atoms with E-state index >= 15 is 0 Å². The lowest BCUT2D eigenvalue weighted by Gasteiger charge is -2.26. The molecule has 0 bridgehead atoms. The van der Waals surface area contributed by atoms with Crippen LogP contribution >= 0.6 is 0 Å². The molecule has 3 aromatic rings. The molecule has 0 unspecified atom stereocenters. The van der Waals surface area contributed by atoms with Crippen LogP contribution in [-0.2, 0) is 10.0 Å². The molecule has 1 amide bonds. The van der Waals surface area contributed by atoms with Crippen LogP contribution in [0.4, 0.5) is 5.69 Å². The normalized spacial score (nSPS) is 17.0. The highest BCUT2D eigenvalue weighted by atomic mass is 32.2. The average molecular weight is 481 g/mol. The Bertz CT molecular complexity index is 1320. The van der Waals surface area contributed by atoms with Gasteiger partial charge in [-0.25, -0.2) is 8.42 Å². The van der Waals surface area contributed by atoms with Gasteiger partial charge in [-0.15, -0.1) is 0 Å². The molecule has 0 fully saturated rings. The van der Waals surface area contributed by atoms with E-state index < -0.39 is 10.0 Å². The van der Waals surface area contributed by atoms with E-state index in [-0.39, 0.29) is 22.5 Å². The van der Waals surface area contributed by atoms with E-state index in [1.54, 1.807) is 24.3 Å². The number of anilines is 1. The minimum atomic E-state index is -3.90. The number of ether oxygens (including phenoxy) is 3. The Hall–Kier alpha value is -3.72. The third kappa shape index (κ3) is 4.65. The van der Waals surface area contributed by atoms with Crippen LogP contribution in [0.2, 0.25) is 0 Å². The van der Waals surface area contributed by atoms with Crippen LogP contribution in [0, 0.1) is 0 Å². The highest BCUT2D eigenvalue weighted by molar-refractivity contribution is 7.92. The van der Waals surface area contributed by atoms with Gasteiger partial charge in [-0.2, -0.15) is 0 Å². The van der Waals surface area contributed by atoms with Crippen molar-refractivity contribution in [2.45, 2.75) is 23.8 Å². The molecule has 5 rings (SSSR count). The SMILES string of the molecule is O=C(N[C@@H]1CCOc2ccccc21)c1cccc(NS(=O)(=O)c2ccc3c(c2)OCCCO3)c1. The van der Waals surface area contributed by atoms with Crippen molar-refractivity contribution in [3.8, 4) is 17.2 Å². The fraction of sp³-hybridized carbons (Fsp3) is 0.240. The molecule has 2 N–H and O–H groups in total. The lowest BCUT2D eigenvalue weighted by atomic mass is 10.00. The summed E-state index contributed by atoms with van der Waals surface area (Å²) < 4.78 is 45.3. The largest absolute Gasteiger partial charge is 0.493 e. The number of hydrogen-bond donors (Lipinski definition) is 2. The van der Waals surface area contributed by atoms with Crippen molar-refractivity contribution in [3.63, 3.8) is 0 Å². The van der Waals surface area contributed by atoms with Crippen LogP contribution < -0.4 is 24.2 Å². The maximum Gasteiger partial charge on any atom is 0.262 e. The minimum Gasteiger partial charge on any atom is -0.493 e. The molecule has 0 radical (unpaired) electrons. The van der Waals surface area contributed by atoms with Crippen LogP contribution in [0.3, 0.4) is 0 Å². The maximum absolute atomic E-state index is 13.0. The van der Waals surface area contributed by atoms with E-state index in [9.17, 15) is 13.2 Å². The summed E-state index contributed by atoms with van der Waals surface area (Å²) in [5.74, 6) is 1.38. The summed E-state index contributed by atoms with van der Waals surface area (Å²) in [7, 11) is -3.90. The fourth-order valence-electron chi connectivity index (χ4n) is 3.98. The molecule has 0 aliphatic carbocycles. The highest BCUT2D eigenvalue weighted by Crippen LogP contribution is 2.33. The number of amides is 1. The van der Waals surface area contributed by atoms with Crippen molar-refractivity contribution in [1.82, 2.24) is 5.32 Å². The number of rotatable bonds is 5. The van der Waals surface area contributed by atoms with Gasteiger partial charge in [0.25, 0.3) is 15.9 Å². The number of benzene rings is 3. The van der Waals surface area contributed by atoms with Gasteiger partial charge < -0.3 is 19.5 Å². The zero-order valence-corrected chi connectivity index (χ0v) is 19.1. The molecular weight excluding hydrogens is 456 g/mol. The third-order valence-electron chi connectivity index (χ3n) is 5.67. The predicted molar refractivity (Wildman–Crippen MR) is 126 cm³/mol. The lowest BCUT2D eigenvalue weighted by Crippen LogP contribution is -2.32. The second kappa shape index (κ2) is 9.26. The molecule has 176 valence electrons. The Morgan fingerprint density at radius 1 is 0.824 bits per heavy atom. The number of carbonyl (C=O) groups is 1. The molecular formula is C25H24N2O6S.